The van der Waals surface area contributed by atoms with Crippen LogP contribution in [0.1, 0.15) is 146 Å². The average molecular weight is 746 g/mol. The van der Waals surface area contributed by atoms with E-state index in [-0.39, 0.29) is 41.3 Å². The van der Waals surface area contributed by atoms with E-state index in [2.05, 4.69) is 115 Å². The lowest BCUT2D eigenvalue weighted by Crippen LogP contribution is -2.59. The van der Waals surface area contributed by atoms with Gasteiger partial charge in [-0.3, -0.25) is 9.59 Å². The van der Waals surface area contributed by atoms with Crippen LogP contribution in [0.2, 0.25) is 0 Å². The van der Waals surface area contributed by atoms with Gasteiger partial charge in [0, 0.05) is 12.2 Å². The minimum absolute atomic E-state index is 0.0258. The van der Waals surface area contributed by atoms with Crippen molar-refractivity contribution in [1.82, 2.24) is 9.97 Å². The number of carbonyl (C=O) groups excluding carboxylic acids is 2. The zero-order valence-electron chi connectivity index (χ0n) is 35.7. The Morgan fingerprint density at radius 1 is 0.796 bits per heavy atom. The van der Waals surface area contributed by atoms with Crippen molar-refractivity contribution in [2.45, 2.75) is 135 Å². The molecule has 0 bridgehead atoms. The molecule has 2 rings (SSSR count). The maximum absolute atomic E-state index is 14.6. The fourth-order valence-corrected chi connectivity index (χ4v) is 8.97. The highest BCUT2D eigenvalue weighted by molar-refractivity contribution is 5.79. The van der Waals surface area contributed by atoms with Crippen LogP contribution in [0.3, 0.4) is 0 Å². The molecule has 0 radical (unpaired) electrons. The summed E-state index contributed by atoms with van der Waals surface area (Å²) >= 11 is 0. The number of nitriles is 2. The van der Waals surface area contributed by atoms with Gasteiger partial charge in [-0.05, 0) is 98.8 Å². The minimum Gasteiger partial charge on any atom is -0.469 e. The van der Waals surface area contributed by atoms with Gasteiger partial charge in [0.25, 0.3) is 0 Å². The number of H-pyrrole nitrogens is 1. The van der Waals surface area contributed by atoms with E-state index in [1.165, 1.54) is 7.11 Å². The number of benzene rings is 1. The number of methoxy groups -OCH3 is 1. The first-order valence-corrected chi connectivity index (χ1v) is 19.7. The first-order valence-electron chi connectivity index (χ1n) is 19.7. The van der Waals surface area contributed by atoms with E-state index in [4.69, 9.17) is 20.0 Å². The number of rotatable bonds is 21. The molecule has 1 aromatic carbocycles. The molecular weight excluding hydrogens is 679 g/mol. The molecule has 0 amide bonds. The zero-order valence-corrected chi connectivity index (χ0v) is 35.7. The van der Waals surface area contributed by atoms with E-state index in [0.717, 1.165) is 37.8 Å². The van der Waals surface area contributed by atoms with Gasteiger partial charge in [-0.15, -0.1) is 10.2 Å². The molecule has 1 heterocycles. The van der Waals surface area contributed by atoms with Crippen LogP contribution >= 0.6 is 0 Å². The van der Waals surface area contributed by atoms with Crippen LogP contribution in [0.5, 0.6) is 0 Å². The predicted molar refractivity (Wildman–Crippen MR) is 215 cm³/mol. The van der Waals surface area contributed by atoms with E-state index in [9.17, 15) is 9.59 Å². The van der Waals surface area contributed by atoms with E-state index in [0.29, 0.717) is 31.6 Å². The number of aromatic amines is 1. The molecule has 0 saturated heterocycles. The highest BCUT2D eigenvalue weighted by Gasteiger charge is 2.64. The largest absolute Gasteiger partial charge is 0.469 e. The Balaban J connectivity index is 2.40. The standard InChI is InChI=1S/C43H67N7O4/c1-15-38(7,8)29-42(13,35(51)53-14)43(18-4,19-5)40(11,17-3)30-41(12,39(9,10)16-2)36(52)54-26-25-50(20-6)32-23-21-31(22-24-32)48-49-37-46-33(27-44)34(28-45)47-37/h21-24H,15-20,25-26,29-30H2,1-14H3,(H,46,47)/b49-48+. The van der Waals surface area contributed by atoms with E-state index >= 15 is 0 Å². The molecule has 54 heavy (non-hydrogen) atoms. The maximum atomic E-state index is 14.6. The van der Waals surface area contributed by atoms with Crippen LogP contribution < -0.4 is 4.90 Å². The predicted octanol–water partition coefficient (Wildman–Crippen LogP) is 11.0. The second kappa shape index (κ2) is 18.4. The molecule has 3 unspecified atom stereocenters. The highest BCUT2D eigenvalue weighted by Crippen LogP contribution is 2.66. The normalized spacial score (nSPS) is 15.7. The quantitative estimate of drug-likeness (QED) is 0.0977. The number of azo groups is 1. The maximum Gasteiger partial charge on any atom is 0.312 e. The third-order valence-electron chi connectivity index (χ3n) is 13.6. The molecule has 298 valence electrons. The first kappa shape index (κ1) is 45.9. The van der Waals surface area contributed by atoms with Crippen molar-refractivity contribution in [2.24, 2.45) is 42.7 Å². The number of esters is 2. The van der Waals surface area contributed by atoms with Crippen LogP contribution in [0.4, 0.5) is 17.3 Å². The molecule has 0 saturated carbocycles. The number of likely N-dealkylation sites (N-methyl/N-ethyl adjacent to an activating group) is 1. The Labute approximate surface area is 325 Å². The van der Waals surface area contributed by atoms with Gasteiger partial charge in [-0.1, -0.05) is 82.1 Å². The molecule has 0 aliphatic heterocycles. The van der Waals surface area contributed by atoms with Crippen LogP contribution in [0.25, 0.3) is 0 Å². The summed E-state index contributed by atoms with van der Waals surface area (Å²) in [6.45, 7) is 29.6. The Hall–Kier alpha value is -4.25. The summed E-state index contributed by atoms with van der Waals surface area (Å²) in [4.78, 5) is 37.4. The van der Waals surface area contributed by atoms with Crippen molar-refractivity contribution in [1.29, 1.82) is 10.5 Å². The van der Waals surface area contributed by atoms with Gasteiger partial charge in [0.1, 0.15) is 18.7 Å². The summed E-state index contributed by atoms with van der Waals surface area (Å²) in [6.07, 6.45) is 5.31. The summed E-state index contributed by atoms with van der Waals surface area (Å²) in [6, 6.07) is 11.2. The number of hydrogen-bond donors (Lipinski definition) is 1. The van der Waals surface area contributed by atoms with Crippen molar-refractivity contribution >= 4 is 29.3 Å². The van der Waals surface area contributed by atoms with Crippen molar-refractivity contribution in [3.63, 3.8) is 0 Å². The van der Waals surface area contributed by atoms with Crippen molar-refractivity contribution in [3.05, 3.63) is 35.7 Å². The highest BCUT2D eigenvalue weighted by atomic mass is 16.5. The summed E-state index contributed by atoms with van der Waals surface area (Å²) in [7, 11) is 1.50. The second-order valence-corrected chi connectivity index (χ2v) is 16.9. The van der Waals surface area contributed by atoms with Crippen LogP contribution in [0, 0.1) is 55.2 Å². The number of carbonyl (C=O) groups is 2. The summed E-state index contributed by atoms with van der Waals surface area (Å²) < 4.78 is 11.9. The Bertz CT molecular complexity index is 1650. The van der Waals surface area contributed by atoms with Crippen molar-refractivity contribution in [3.8, 4) is 12.1 Å². The fraction of sp³-hybridized carbons (Fsp3) is 0.698. The molecule has 0 fully saturated rings. The number of imidazole rings is 1. The van der Waals surface area contributed by atoms with Crippen LogP contribution in [0.15, 0.2) is 34.5 Å². The third kappa shape index (κ3) is 9.16. The molecule has 11 heteroatoms. The lowest BCUT2D eigenvalue weighted by Gasteiger charge is -2.61. The molecule has 0 aliphatic rings. The number of nitrogens with zero attached hydrogens (tertiary/aromatic N) is 6. The van der Waals surface area contributed by atoms with Crippen molar-refractivity contribution in [2.75, 3.05) is 31.7 Å². The molecule has 1 N–H and O–H groups in total. The van der Waals surface area contributed by atoms with Gasteiger partial charge >= 0.3 is 11.9 Å². The first-order chi connectivity index (χ1) is 25.2. The van der Waals surface area contributed by atoms with E-state index < -0.39 is 27.1 Å². The molecule has 11 nitrogen and oxygen atoms in total. The molecule has 2 aromatic rings. The summed E-state index contributed by atoms with van der Waals surface area (Å²) in [5, 5.41) is 26.5. The van der Waals surface area contributed by atoms with Gasteiger partial charge < -0.3 is 19.4 Å². The van der Waals surface area contributed by atoms with Gasteiger partial charge in [-0.2, -0.15) is 15.5 Å². The average Bonchev–Trinajstić information content (AvgIpc) is 3.58. The Morgan fingerprint density at radius 3 is 1.85 bits per heavy atom. The molecule has 3 atom stereocenters. The van der Waals surface area contributed by atoms with Crippen LogP contribution in [-0.4, -0.2) is 48.7 Å². The van der Waals surface area contributed by atoms with Gasteiger partial charge in [0.2, 0.25) is 5.95 Å². The topological polar surface area (TPSA) is 157 Å². The Kier molecular flexibility index (Phi) is 15.6. The lowest BCUT2D eigenvalue weighted by atomic mass is 9.42. The van der Waals surface area contributed by atoms with Crippen LogP contribution in [-0.2, 0) is 19.1 Å². The van der Waals surface area contributed by atoms with E-state index in [1.54, 1.807) is 0 Å². The molecule has 0 spiro atoms. The molecule has 1 aromatic heterocycles. The monoisotopic (exact) mass is 746 g/mol. The summed E-state index contributed by atoms with van der Waals surface area (Å²) in [5.41, 5.74) is -1.45. The molecular formula is C43H67N7O4. The smallest absolute Gasteiger partial charge is 0.312 e. The van der Waals surface area contributed by atoms with E-state index in [1.807, 2.05) is 36.4 Å². The zero-order chi connectivity index (χ0) is 41.2. The van der Waals surface area contributed by atoms with Gasteiger partial charge in [-0.25, -0.2) is 0 Å². The number of anilines is 1. The van der Waals surface area contributed by atoms with Gasteiger partial charge in [0.15, 0.2) is 11.4 Å². The lowest BCUT2D eigenvalue weighted by molar-refractivity contribution is -0.190. The minimum atomic E-state index is -0.848. The SMILES string of the molecule is CCN(CCOC(=O)C(C)(CC(C)(CC)C(CC)(CC)C(C)(CC(C)(C)CC)C(=O)OC)C(C)(C)CC)c1ccc(/N=N/c2nc(C#N)c(C#N)[nH]2)cc1. The third-order valence-corrected chi connectivity index (χ3v) is 13.6. The number of hydrogen-bond acceptors (Lipinski definition) is 10. The second-order valence-electron chi connectivity index (χ2n) is 16.9. The molecule has 0 aliphatic carbocycles. The summed E-state index contributed by atoms with van der Waals surface area (Å²) in [5.74, 6) is -0.314. The Morgan fingerprint density at radius 2 is 1.41 bits per heavy atom. The van der Waals surface area contributed by atoms with Gasteiger partial charge in [0.05, 0.1) is 30.2 Å². The number of nitrogens with one attached hydrogen (secondary N) is 1. The number of ether oxygens (including phenoxy) is 2. The van der Waals surface area contributed by atoms with Crippen molar-refractivity contribution < 1.29 is 19.1 Å². The number of aromatic nitrogens is 2. The fourth-order valence-electron chi connectivity index (χ4n) is 8.97.